The van der Waals surface area contributed by atoms with Crippen molar-refractivity contribution < 1.29 is 24.3 Å². The summed E-state index contributed by atoms with van der Waals surface area (Å²) in [5.74, 6) is -2.79. The lowest BCUT2D eigenvalue weighted by Gasteiger charge is -2.20. The summed E-state index contributed by atoms with van der Waals surface area (Å²) in [7, 11) is 0. The topological polar surface area (TPSA) is 139 Å². The van der Waals surface area contributed by atoms with Crippen LogP contribution in [-0.2, 0) is 14.4 Å². The Labute approximate surface area is 103 Å². The molecule has 0 atom stereocenters. The van der Waals surface area contributed by atoms with Crippen LogP contribution in [0, 0.1) is 5.41 Å². The summed E-state index contributed by atoms with van der Waals surface area (Å²) in [6.45, 7) is 3.01. The zero-order valence-electron chi connectivity index (χ0n) is 10.0. The Morgan fingerprint density at radius 2 is 1.78 bits per heavy atom. The van der Waals surface area contributed by atoms with E-state index in [0.717, 1.165) is 0 Å². The van der Waals surface area contributed by atoms with E-state index < -0.39 is 29.2 Å². The Balaban J connectivity index is 4.18. The number of nitrogens with one attached hydrogen (secondary N) is 2. The second kappa shape index (κ2) is 6.38. The van der Waals surface area contributed by atoms with Gasteiger partial charge in [0.25, 0.3) is 5.91 Å². The number of hydrogen-bond donors (Lipinski definition) is 4. The van der Waals surface area contributed by atoms with Gasteiger partial charge in [0.15, 0.2) is 0 Å². The van der Waals surface area contributed by atoms with Gasteiger partial charge in [0.2, 0.25) is 5.91 Å². The van der Waals surface area contributed by atoms with E-state index in [4.69, 9.17) is 10.8 Å². The van der Waals surface area contributed by atoms with Crippen molar-refractivity contribution in [2.75, 3.05) is 6.54 Å². The SMILES string of the molecule is CC(C)(CNC(=O)NC(=O)/C=C/C(=O)O)C(N)=O. The van der Waals surface area contributed by atoms with Gasteiger partial charge in [-0.05, 0) is 13.8 Å². The third-order valence-electron chi connectivity index (χ3n) is 1.97. The number of carbonyl (C=O) groups excluding carboxylic acids is 3. The zero-order valence-corrected chi connectivity index (χ0v) is 10.0. The molecule has 0 fully saturated rings. The van der Waals surface area contributed by atoms with Crippen molar-refractivity contribution in [1.29, 1.82) is 0 Å². The molecule has 0 aliphatic heterocycles. The Morgan fingerprint density at radius 3 is 2.22 bits per heavy atom. The Morgan fingerprint density at radius 1 is 1.22 bits per heavy atom. The van der Waals surface area contributed by atoms with Gasteiger partial charge in [-0.25, -0.2) is 9.59 Å². The monoisotopic (exact) mass is 257 g/mol. The number of amides is 4. The number of hydrogen-bond acceptors (Lipinski definition) is 4. The van der Waals surface area contributed by atoms with Gasteiger partial charge in [-0.1, -0.05) is 0 Å². The molecule has 8 nitrogen and oxygen atoms in total. The van der Waals surface area contributed by atoms with Crippen molar-refractivity contribution in [1.82, 2.24) is 10.6 Å². The maximum absolute atomic E-state index is 11.2. The molecule has 0 aromatic heterocycles. The zero-order chi connectivity index (χ0) is 14.3. The number of nitrogens with two attached hydrogens (primary N) is 1. The van der Waals surface area contributed by atoms with Crippen LogP contribution < -0.4 is 16.4 Å². The molecule has 0 aliphatic rings. The van der Waals surface area contributed by atoms with Crippen molar-refractivity contribution in [2.45, 2.75) is 13.8 Å². The summed E-state index contributed by atoms with van der Waals surface area (Å²) in [5.41, 5.74) is 4.14. The molecule has 0 aromatic carbocycles. The molecule has 18 heavy (non-hydrogen) atoms. The van der Waals surface area contributed by atoms with Gasteiger partial charge in [0.1, 0.15) is 0 Å². The number of carboxylic acid groups (broad SMARTS) is 1. The van der Waals surface area contributed by atoms with E-state index >= 15 is 0 Å². The molecule has 0 heterocycles. The van der Waals surface area contributed by atoms with E-state index in [1.165, 1.54) is 13.8 Å². The minimum absolute atomic E-state index is 0.0515. The van der Waals surface area contributed by atoms with Crippen LogP contribution in [0.1, 0.15) is 13.8 Å². The molecule has 4 amide bonds. The van der Waals surface area contributed by atoms with Gasteiger partial charge in [0, 0.05) is 18.7 Å². The van der Waals surface area contributed by atoms with Gasteiger partial charge in [-0.2, -0.15) is 0 Å². The van der Waals surface area contributed by atoms with Crippen LogP contribution >= 0.6 is 0 Å². The fourth-order valence-electron chi connectivity index (χ4n) is 0.733. The number of urea groups is 1. The summed E-state index contributed by atoms with van der Waals surface area (Å²) in [6, 6.07) is -0.843. The van der Waals surface area contributed by atoms with Gasteiger partial charge in [-0.15, -0.1) is 0 Å². The fourth-order valence-corrected chi connectivity index (χ4v) is 0.733. The molecule has 5 N–H and O–H groups in total. The first-order chi connectivity index (χ1) is 8.15. The first kappa shape index (κ1) is 15.6. The van der Waals surface area contributed by atoms with Crippen molar-refractivity contribution in [3.05, 3.63) is 12.2 Å². The number of rotatable bonds is 5. The van der Waals surface area contributed by atoms with Gasteiger partial charge in [0.05, 0.1) is 5.41 Å². The van der Waals surface area contributed by atoms with E-state index in [0.29, 0.717) is 12.2 Å². The first-order valence-electron chi connectivity index (χ1n) is 4.95. The van der Waals surface area contributed by atoms with Crippen molar-refractivity contribution >= 4 is 23.8 Å². The summed E-state index contributed by atoms with van der Waals surface area (Å²) in [4.78, 5) is 43.2. The molecule has 0 saturated carbocycles. The molecular formula is C10H15N3O5. The lowest BCUT2D eigenvalue weighted by molar-refractivity contribution is -0.131. The van der Waals surface area contributed by atoms with Crippen LogP contribution in [0.2, 0.25) is 0 Å². The predicted molar refractivity (Wildman–Crippen MR) is 61.3 cm³/mol. The van der Waals surface area contributed by atoms with E-state index in [2.05, 4.69) is 5.32 Å². The van der Waals surface area contributed by atoms with E-state index in [-0.39, 0.29) is 6.54 Å². The minimum atomic E-state index is -1.31. The number of imide groups is 1. The van der Waals surface area contributed by atoms with Crippen molar-refractivity contribution in [2.24, 2.45) is 11.1 Å². The highest BCUT2D eigenvalue weighted by atomic mass is 16.4. The molecule has 0 saturated heterocycles. The molecule has 0 rings (SSSR count). The summed E-state index contributed by atoms with van der Waals surface area (Å²) >= 11 is 0. The Bertz CT molecular complexity index is 400. The van der Waals surface area contributed by atoms with E-state index in [9.17, 15) is 19.2 Å². The third-order valence-corrected chi connectivity index (χ3v) is 1.97. The average Bonchev–Trinajstić information content (AvgIpc) is 2.23. The highest BCUT2D eigenvalue weighted by molar-refractivity contribution is 6.02. The van der Waals surface area contributed by atoms with Gasteiger partial charge in [-0.3, -0.25) is 14.9 Å². The third kappa shape index (κ3) is 6.26. The predicted octanol–water partition coefficient (Wildman–Crippen LogP) is -1.04. The smallest absolute Gasteiger partial charge is 0.328 e. The van der Waals surface area contributed by atoms with Crippen molar-refractivity contribution in [3.63, 3.8) is 0 Å². The summed E-state index contributed by atoms with van der Waals surface area (Å²) in [5, 5.41) is 12.4. The molecule has 0 radical (unpaired) electrons. The highest BCUT2D eigenvalue weighted by Crippen LogP contribution is 2.11. The van der Waals surface area contributed by atoms with Crippen LogP contribution in [0.25, 0.3) is 0 Å². The fraction of sp³-hybridized carbons (Fsp3) is 0.400. The number of primary amides is 1. The molecule has 0 unspecified atom stereocenters. The summed E-state index contributed by atoms with van der Waals surface area (Å²) in [6.07, 6.45) is 1.29. The number of carboxylic acids is 1. The standard InChI is InChI=1S/C10H15N3O5/c1-10(2,8(11)17)5-12-9(18)13-6(14)3-4-7(15)16/h3-4H,5H2,1-2H3,(H2,11,17)(H,15,16)(H2,12,13,14,18)/b4-3+. The molecule has 0 aromatic rings. The maximum atomic E-state index is 11.2. The second-order valence-electron chi connectivity index (χ2n) is 4.09. The molecule has 0 aliphatic carbocycles. The second-order valence-corrected chi connectivity index (χ2v) is 4.09. The van der Waals surface area contributed by atoms with Crippen LogP contribution in [0.4, 0.5) is 4.79 Å². The molecule has 8 heteroatoms. The minimum Gasteiger partial charge on any atom is -0.478 e. The normalized spacial score (nSPS) is 11.0. The molecule has 0 spiro atoms. The Hall–Kier alpha value is -2.38. The van der Waals surface area contributed by atoms with Crippen LogP contribution in [0.3, 0.4) is 0 Å². The largest absolute Gasteiger partial charge is 0.478 e. The molecule has 100 valence electrons. The highest BCUT2D eigenvalue weighted by Gasteiger charge is 2.25. The van der Waals surface area contributed by atoms with Gasteiger partial charge < -0.3 is 16.2 Å². The van der Waals surface area contributed by atoms with E-state index in [1.54, 1.807) is 0 Å². The number of carbonyl (C=O) groups is 4. The first-order valence-corrected chi connectivity index (χ1v) is 4.95. The maximum Gasteiger partial charge on any atom is 0.328 e. The van der Waals surface area contributed by atoms with Crippen molar-refractivity contribution in [3.8, 4) is 0 Å². The van der Waals surface area contributed by atoms with Crippen LogP contribution in [0.15, 0.2) is 12.2 Å². The Kier molecular flexibility index (Phi) is 5.54. The quantitative estimate of drug-likeness (QED) is 0.466. The van der Waals surface area contributed by atoms with Crippen LogP contribution in [-0.4, -0.2) is 35.5 Å². The number of aliphatic carboxylic acids is 1. The lowest BCUT2D eigenvalue weighted by atomic mass is 9.93. The molecular weight excluding hydrogens is 242 g/mol. The molecule has 0 bridgehead atoms. The summed E-state index contributed by atoms with van der Waals surface area (Å²) < 4.78 is 0. The van der Waals surface area contributed by atoms with Crippen LogP contribution in [0.5, 0.6) is 0 Å². The van der Waals surface area contributed by atoms with Gasteiger partial charge >= 0.3 is 12.0 Å². The van der Waals surface area contributed by atoms with E-state index in [1.807, 2.05) is 5.32 Å². The average molecular weight is 257 g/mol. The lowest BCUT2D eigenvalue weighted by Crippen LogP contribution is -2.46.